The highest BCUT2D eigenvalue weighted by Gasteiger charge is 2.30. The highest BCUT2D eigenvalue weighted by Crippen LogP contribution is 2.29. The van der Waals surface area contributed by atoms with E-state index in [1.54, 1.807) is 21.0 Å². The van der Waals surface area contributed by atoms with Crippen LogP contribution >= 0.6 is 22.7 Å². The highest BCUT2D eigenvalue weighted by atomic mass is 32.1. The summed E-state index contributed by atoms with van der Waals surface area (Å²) in [6, 6.07) is 8.72. The number of aliphatic hydroxyl groups excluding tert-OH is 2. The maximum atomic E-state index is 9.65. The van der Waals surface area contributed by atoms with E-state index in [0.29, 0.717) is 22.1 Å². The molecule has 0 radical (unpaired) electrons. The molecular weight excluding hydrogens is 354 g/mol. The molecule has 1 fully saturated rings. The summed E-state index contributed by atoms with van der Waals surface area (Å²) < 4.78 is 5.24. The number of benzene rings is 1. The first-order valence-electron chi connectivity index (χ1n) is 8.76. The van der Waals surface area contributed by atoms with Crippen LogP contribution in [0.25, 0.3) is 0 Å². The number of ether oxygens (including phenoxy) is 1. The molecule has 0 aliphatic carbocycles. The Hall–Kier alpha value is -0.660. The Bertz CT molecular complexity index is 593. The predicted octanol–water partition coefficient (Wildman–Crippen LogP) is 3.62. The molecule has 1 heterocycles. The average molecular weight is 386 g/mol. The van der Waals surface area contributed by atoms with Crippen LogP contribution in [0.5, 0.6) is 5.75 Å². The van der Waals surface area contributed by atoms with Crippen LogP contribution in [-0.2, 0) is 6.54 Å². The second-order valence-electron chi connectivity index (χ2n) is 6.56. The molecule has 2 rings (SSSR count). The van der Waals surface area contributed by atoms with Crippen molar-refractivity contribution in [3.8, 4) is 5.75 Å². The lowest BCUT2D eigenvalue weighted by molar-refractivity contribution is 0.112. The molecule has 2 atom stereocenters. The minimum Gasteiger partial charge on any atom is -0.497 e. The van der Waals surface area contributed by atoms with E-state index in [9.17, 15) is 10.2 Å². The van der Waals surface area contributed by atoms with Crippen molar-refractivity contribution in [3.63, 3.8) is 0 Å². The third-order valence-electron chi connectivity index (χ3n) is 4.64. The normalized spacial score (nSPS) is 23.6. The lowest BCUT2D eigenvalue weighted by atomic mass is 9.91. The first kappa shape index (κ1) is 20.6. The van der Waals surface area contributed by atoms with E-state index < -0.39 is 0 Å². The molecule has 0 aromatic heterocycles. The monoisotopic (exact) mass is 385 g/mol. The van der Waals surface area contributed by atoms with E-state index in [0.717, 1.165) is 53.0 Å². The zero-order valence-corrected chi connectivity index (χ0v) is 17.1. The standard InChI is InChI=1S/C19H31NO3S2/c1-14(21)24-12-17-5-4-10-20(19(17)13-25-15(2)22)11-16-6-8-18(23-3)9-7-16/h6-9,17,19,21-22,24-25H,4-5,10-13H2,1-3H3/t17-,19+/m1/s1. The second kappa shape index (κ2) is 10.5. The molecule has 0 spiro atoms. The van der Waals surface area contributed by atoms with Gasteiger partial charge in [-0.1, -0.05) is 12.1 Å². The fourth-order valence-electron chi connectivity index (χ4n) is 3.33. The van der Waals surface area contributed by atoms with Gasteiger partial charge in [-0.3, -0.25) is 4.90 Å². The van der Waals surface area contributed by atoms with Crippen molar-refractivity contribution in [1.29, 1.82) is 0 Å². The summed E-state index contributed by atoms with van der Waals surface area (Å²) in [5.74, 6) is 3.38. The zero-order chi connectivity index (χ0) is 18.2. The Morgan fingerprint density at radius 3 is 2.36 bits per heavy atom. The number of aliphatic hydroxyl groups is 2. The first-order valence-corrected chi connectivity index (χ1v) is 10.9. The van der Waals surface area contributed by atoms with E-state index in [1.807, 2.05) is 12.1 Å². The summed E-state index contributed by atoms with van der Waals surface area (Å²) in [6.45, 7) is 5.56. The van der Waals surface area contributed by atoms with E-state index in [1.165, 1.54) is 18.4 Å². The average Bonchev–Trinajstić information content (AvgIpc) is 2.59. The molecule has 1 aliphatic rings. The maximum absolute atomic E-state index is 9.65. The minimum absolute atomic E-state index is 0.437. The van der Waals surface area contributed by atoms with E-state index in [4.69, 9.17) is 4.74 Å². The van der Waals surface area contributed by atoms with Crippen molar-refractivity contribution in [1.82, 2.24) is 4.90 Å². The minimum atomic E-state index is 0.437. The van der Waals surface area contributed by atoms with E-state index in [2.05, 4.69) is 17.0 Å². The number of hydrogen-bond donors (Lipinski definition) is 4. The third kappa shape index (κ3) is 6.87. The Labute approximate surface area is 158 Å². The van der Waals surface area contributed by atoms with Crippen LogP contribution in [0.2, 0.25) is 0 Å². The Balaban J connectivity index is 2.13. The van der Waals surface area contributed by atoms with Crippen molar-refractivity contribution < 1.29 is 14.9 Å². The molecule has 1 aromatic rings. The van der Waals surface area contributed by atoms with Crippen molar-refractivity contribution in [3.05, 3.63) is 29.8 Å². The van der Waals surface area contributed by atoms with Crippen LogP contribution in [0, 0.1) is 5.92 Å². The van der Waals surface area contributed by atoms with Crippen LogP contribution in [0.3, 0.4) is 0 Å². The zero-order valence-electron chi connectivity index (χ0n) is 15.4. The molecular formula is C19H31NO3S2. The number of nitrogens with zero attached hydrogens (tertiary/aromatic N) is 1. The molecule has 4 nitrogen and oxygen atoms in total. The van der Waals surface area contributed by atoms with E-state index in [-0.39, 0.29) is 0 Å². The predicted molar refractivity (Wildman–Crippen MR) is 114 cm³/mol. The molecule has 142 valence electrons. The van der Waals surface area contributed by atoms with Crippen molar-refractivity contribution in [2.75, 3.05) is 25.2 Å². The number of rotatable bonds is 7. The van der Waals surface area contributed by atoms with Crippen molar-refractivity contribution >= 4 is 32.8 Å². The molecule has 6 heteroatoms. The topological polar surface area (TPSA) is 52.9 Å². The van der Waals surface area contributed by atoms with Gasteiger partial charge in [0.05, 0.1) is 17.2 Å². The SMILES string of the molecule is COc1ccc(CN2CCC[C@H](C[SH]=C(C)O)[C@@H]2C[SH]=C(C)O)cc1. The van der Waals surface area contributed by atoms with Gasteiger partial charge in [-0.05, 0) is 62.6 Å². The first-order chi connectivity index (χ1) is 12.0. The van der Waals surface area contributed by atoms with Crippen molar-refractivity contribution in [2.45, 2.75) is 39.3 Å². The summed E-state index contributed by atoms with van der Waals surface area (Å²) in [6.07, 6.45) is 2.39. The van der Waals surface area contributed by atoms with Gasteiger partial charge >= 0.3 is 0 Å². The number of likely N-dealkylation sites (tertiary alicyclic amines) is 1. The fourth-order valence-corrected chi connectivity index (χ4v) is 5.23. The quantitative estimate of drug-likeness (QED) is 0.428. The highest BCUT2D eigenvalue weighted by molar-refractivity contribution is 7.98. The van der Waals surface area contributed by atoms with Gasteiger partial charge < -0.3 is 14.9 Å². The van der Waals surface area contributed by atoms with Gasteiger partial charge in [0.15, 0.2) is 0 Å². The Kier molecular flexibility index (Phi) is 8.66. The van der Waals surface area contributed by atoms with E-state index >= 15 is 0 Å². The van der Waals surface area contributed by atoms with Gasteiger partial charge in [-0.15, -0.1) is 0 Å². The van der Waals surface area contributed by atoms with Gasteiger partial charge in [-0.2, -0.15) is 22.7 Å². The fraction of sp³-hybridized carbons (Fsp3) is 0.579. The maximum Gasteiger partial charge on any atom is 0.118 e. The van der Waals surface area contributed by atoms with Gasteiger partial charge in [0.25, 0.3) is 0 Å². The summed E-state index contributed by atoms with van der Waals surface area (Å²) in [7, 11) is 1.69. The van der Waals surface area contributed by atoms with Crippen LogP contribution in [-0.4, -0.2) is 56.4 Å². The molecule has 0 amide bonds. The molecule has 1 aromatic carbocycles. The lowest BCUT2D eigenvalue weighted by Crippen LogP contribution is -2.47. The molecule has 1 saturated heterocycles. The van der Waals surface area contributed by atoms with Gasteiger partial charge in [0, 0.05) is 18.3 Å². The lowest BCUT2D eigenvalue weighted by Gasteiger charge is -2.41. The Morgan fingerprint density at radius 1 is 1.12 bits per heavy atom. The molecule has 0 saturated carbocycles. The molecule has 2 N–H and O–H groups in total. The Morgan fingerprint density at radius 2 is 1.76 bits per heavy atom. The number of piperidine rings is 1. The van der Waals surface area contributed by atoms with Crippen molar-refractivity contribution in [2.24, 2.45) is 5.92 Å². The van der Waals surface area contributed by atoms with Gasteiger partial charge in [0.1, 0.15) is 5.75 Å². The molecule has 0 unspecified atom stereocenters. The summed E-state index contributed by atoms with van der Waals surface area (Å²) in [5.41, 5.74) is 1.29. The largest absolute Gasteiger partial charge is 0.497 e. The molecule has 25 heavy (non-hydrogen) atoms. The summed E-state index contributed by atoms with van der Waals surface area (Å²) in [4.78, 5) is 2.55. The van der Waals surface area contributed by atoms with Crippen LogP contribution < -0.4 is 4.74 Å². The van der Waals surface area contributed by atoms with Crippen LogP contribution in [0.15, 0.2) is 24.3 Å². The number of methoxy groups -OCH3 is 1. The van der Waals surface area contributed by atoms with Gasteiger partial charge in [-0.25, -0.2) is 0 Å². The number of thiol groups is 2. The number of hydrogen-bond acceptors (Lipinski definition) is 2. The molecule has 0 bridgehead atoms. The van der Waals surface area contributed by atoms with Gasteiger partial charge in [0.2, 0.25) is 0 Å². The smallest absolute Gasteiger partial charge is 0.118 e. The second-order valence-corrected chi connectivity index (χ2v) is 9.22. The summed E-state index contributed by atoms with van der Waals surface area (Å²) >= 11 is 2.04. The third-order valence-corrected chi connectivity index (χ3v) is 6.76. The van der Waals surface area contributed by atoms with Crippen LogP contribution in [0.1, 0.15) is 32.3 Å². The van der Waals surface area contributed by atoms with Crippen LogP contribution in [0.4, 0.5) is 0 Å². The molecule has 1 aliphatic heterocycles. The summed E-state index contributed by atoms with van der Waals surface area (Å²) in [5, 5.41) is 20.2.